The summed E-state index contributed by atoms with van der Waals surface area (Å²) in [6.45, 7) is 0.551. The highest BCUT2D eigenvalue weighted by Gasteiger charge is 2.37. The topological polar surface area (TPSA) is 49.4 Å². The normalized spacial score (nSPS) is 26.3. The monoisotopic (exact) mass is 332 g/mol. The lowest BCUT2D eigenvalue weighted by atomic mass is 10.1. The maximum absolute atomic E-state index is 13.5. The zero-order valence-corrected chi connectivity index (χ0v) is 11.7. The maximum Gasteiger partial charge on any atom is 0.248 e. The number of benzene rings is 1. The van der Waals surface area contributed by atoms with Gasteiger partial charge in [0.25, 0.3) is 0 Å². The second kappa shape index (κ2) is 4.31. The summed E-state index contributed by atoms with van der Waals surface area (Å²) >= 11 is 3.14. The van der Waals surface area contributed by atoms with Gasteiger partial charge < -0.3 is 10.2 Å². The van der Waals surface area contributed by atoms with E-state index in [-0.39, 0.29) is 5.91 Å². The summed E-state index contributed by atoms with van der Waals surface area (Å²) in [5.41, 5.74) is 1.26. The van der Waals surface area contributed by atoms with Crippen LogP contribution in [0.3, 0.4) is 0 Å². The van der Waals surface area contributed by atoms with Crippen molar-refractivity contribution in [3.63, 3.8) is 0 Å². The van der Waals surface area contributed by atoms with Crippen molar-refractivity contribution in [2.45, 2.75) is 6.04 Å². The highest BCUT2D eigenvalue weighted by Crippen LogP contribution is 2.37. The second-order valence-corrected chi connectivity index (χ2v) is 6.77. The van der Waals surface area contributed by atoms with Crippen LogP contribution in [0.2, 0.25) is 0 Å². The summed E-state index contributed by atoms with van der Waals surface area (Å²) in [6.07, 6.45) is 0. The van der Waals surface area contributed by atoms with Crippen molar-refractivity contribution in [2.75, 3.05) is 28.3 Å². The Morgan fingerprint density at radius 3 is 3.06 bits per heavy atom. The van der Waals surface area contributed by atoms with E-state index in [0.29, 0.717) is 28.2 Å². The van der Waals surface area contributed by atoms with Gasteiger partial charge in [-0.3, -0.25) is 9.00 Å². The molecule has 2 aliphatic rings. The Labute approximate surface area is 114 Å². The molecule has 4 nitrogen and oxygen atoms in total. The van der Waals surface area contributed by atoms with Crippen LogP contribution in [0.1, 0.15) is 0 Å². The van der Waals surface area contributed by atoms with Gasteiger partial charge in [0.05, 0.1) is 21.6 Å². The molecule has 96 valence electrons. The number of nitrogens with zero attached hydrogens (tertiary/aromatic N) is 1. The van der Waals surface area contributed by atoms with Crippen molar-refractivity contribution in [3.8, 4) is 0 Å². The van der Waals surface area contributed by atoms with Gasteiger partial charge in [-0.2, -0.15) is 0 Å². The van der Waals surface area contributed by atoms with Gasteiger partial charge in [-0.1, -0.05) is 0 Å². The molecule has 1 aromatic rings. The Balaban J connectivity index is 2.08. The quantitative estimate of drug-likeness (QED) is 0.782. The largest absolute Gasteiger partial charge is 0.356 e. The van der Waals surface area contributed by atoms with Crippen LogP contribution in [0.4, 0.5) is 15.8 Å². The van der Waals surface area contributed by atoms with Gasteiger partial charge in [0, 0.05) is 29.2 Å². The molecule has 2 heterocycles. The van der Waals surface area contributed by atoms with Crippen LogP contribution >= 0.6 is 15.9 Å². The molecule has 2 atom stereocenters. The number of anilines is 2. The van der Waals surface area contributed by atoms with E-state index in [4.69, 9.17) is 0 Å². The SMILES string of the molecule is O=C1Nc2cc(F)c(Br)cc2N2CCS(=O)CC12. The predicted molar refractivity (Wildman–Crippen MR) is 71.7 cm³/mol. The Morgan fingerprint density at radius 1 is 1.50 bits per heavy atom. The van der Waals surface area contributed by atoms with E-state index < -0.39 is 22.7 Å². The summed E-state index contributed by atoms with van der Waals surface area (Å²) in [4.78, 5) is 13.8. The molecule has 0 saturated carbocycles. The molecule has 1 N–H and O–H groups in total. The first kappa shape index (κ1) is 12.1. The fourth-order valence-electron chi connectivity index (χ4n) is 2.30. The fourth-order valence-corrected chi connectivity index (χ4v) is 3.88. The lowest BCUT2D eigenvalue weighted by Crippen LogP contribution is -2.55. The van der Waals surface area contributed by atoms with Crippen LogP contribution in [-0.4, -0.2) is 34.2 Å². The van der Waals surface area contributed by atoms with Crippen molar-refractivity contribution < 1.29 is 13.4 Å². The number of rotatable bonds is 0. The maximum atomic E-state index is 13.5. The Kier molecular flexibility index (Phi) is 2.90. The summed E-state index contributed by atoms with van der Waals surface area (Å²) in [6, 6.07) is 2.55. The van der Waals surface area contributed by atoms with E-state index in [1.54, 1.807) is 6.07 Å². The molecule has 18 heavy (non-hydrogen) atoms. The molecule has 1 saturated heterocycles. The van der Waals surface area contributed by atoms with E-state index in [9.17, 15) is 13.4 Å². The second-order valence-electron chi connectivity index (χ2n) is 4.29. The molecule has 2 aliphatic heterocycles. The Bertz CT molecular complexity index is 566. The average molecular weight is 333 g/mol. The summed E-state index contributed by atoms with van der Waals surface area (Å²) in [5.74, 6) is 0.253. The molecule has 1 amide bonds. The van der Waals surface area contributed by atoms with E-state index in [2.05, 4.69) is 21.2 Å². The highest BCUT2D eigenvalue weighted by atomic mass is 79.9. The number of carbonyl (C=O) groups is 1. The minimum Gasteiger partial charge on any atom is -0.356 e. The van der Waals surface area contributed by atoms with E-state index in [0.717, 1.165) is 5.69 Å². The number of nitrogens with one attached hydrogen (secondary N) is 1. The van der Waals surface area contributed by atoms with Crippen molar-refractivity contribution in [3.05, 3.63) is 22.4 Å². The van der Waals surface area contributed by atoms with Gasteiger partial charge in [0.1, 0.15) is 11.9 Å². The van der Waals surface area contributed by atoms with Crippen molar-refractivity contribution in [2.24, 2.45) is 0 Å². The Hall–Kier alpha value is -0.950. The molecule has 2 unspecified atom stereocenters. The zero-order valence-electron chi connectivity index (χ0n) is 9.28. The van der Waals surface area contributed by atoms with Gasteiger partial charge in [0.2, 0.25) is 5.91 Å². The van der Waals surface area contributed by atoms with Crippen LogP contribution in [0, 0.1) is 5.82 Å². The predicted octanol–water partition coefficient (Wildman–Crippen LogP) is 1.48. The number of carbonyl (C=O) groups excluding carboxylic acids is 1. The van der Waals surface area contributed by atoms with Crippen LogP contribution in [-0.2, 0) is 15.6 Å². The molecule has 0 radical (unpaired) electrons. The van der Waals surface area contributed by atoms with E-state index in [1.807, 2.05) is 4.90 Å². The molecule has 1 aromatic carbocycles. The first-order chi connectivity index (χ1) is 8.56. The van der Waals surface area contributed by atoms with E-state index in [1.165, 1.54) is 6.07 Å². The lowest BCUT2D eigenvalue weighted by molar-refractivity contribution is -0.117. The number of halogens is 2. The zero-order chi connectivity index (χ0) is 12.9. The summed E-state index contributed by atoms with van der Waals surface area (Å²) in [7, 11) is -0.954. The fraction of sp³-hybridized carbons (Fsp3) is 0.364. The third-order valence-corrected chi connectivity index (χ3v) is 5.12. The van der Waals surface area contributed by atoms with Gasteiger partial charge in [-0.15, -0.1) is 0 Å². The minimum absolute atomic E-state index is 0.211. The molecule has 7 heteroatoms. The molecule has 0 spiro atoms. The first-order valence-corrected chi connectivity index (χ1v) is 7.76. The third-order valence-electron chi connectivity index (χ3n) is 3.19. The Morgan fingerprint density at radius 2 is 2.28 bits per heavy atom. The van der Waals surface area contributed by atoms with Crippen molar-refractivity contribution in [1.29, 1.82) is 0 Å². The molecule has 1 fully saturated rings. The van der Waals surface area contributed by atoms with Gasteiger partial charge >= 0.3 is 0 Å². The smallest absolute Gasteiger partial charge is 0.248 e. The lowest BCUT2D eigenvalue weighted by Gasteiger charge is -2.40. The number of hydrogen-bond donors (Lipinski definition) is 1. The minimum atomic E-state index is -0.954. The molecular formula is C11H10BrFN2O2S. The molecular weight excluding hydrogens is 323 g/mol. The summed E-state index contributed by atoms with van der Waals surface area (Å²) < 4.78 is 25.3. The van der Waals surface area contributed by atoms with Crippen LogP contribution in [0.15, 0.2) is 16.6 Å². The number of fused-ring (bicyclic) bond motifs is 3. The van der Waals surface area contributed by atoms with Gasteiger partial charge in [0.15, 0.2) is 0 Å². The molecule has 0 aliphatic carbocycles. The van der Waals surface area contributed by atoms with Gasteiger partial charge in [-0.05, 0) is 22.0 Å². The highest BCUT2D eigenvalue weighted by molar-refractivity contribution is 9.10. The van der Waals surface area contributed by atoms with Crippen LogP contribution in [0.25, 0.3) is 0 Å². The van der Waals surface area contributed by atoms with Crippen molar-refractivity contribution >= 4 is 44.0 Å². The first-order valence-electron chi connectivity index (χ1n) is 5.48. The van der Waals surface area contributed by atoms with Crippen molar-refractivity contribution in [1.82, 2.24) is 0 Å². The molecule has 0 aromatic heterocycles. The van der Waals surface area contributed by atoms with Gasteiger partial charge in [-0.25, -0.2) is 4.39 Å². The summed E-state index contributed by atoms with van der Waals surface area (Å²) in [5, 5.41) is 2.67. The number of hydrogen-bond acceptors (Lipinski definition) is 3. The average Bonchev–Trinajstić information content (AvgIpc) is 2.32. The van der Waals surface area contributed by atoms with E-state index >= 15 is 0 Å². The van der Waals surface area contributed by atoms with Crippen LogP contribution < -0.4 is 10.2 Å². The molecule has 0 bridgehead atoms. The number of amides is 1. The standard InChI is InChI=1S/C11H10BrFN2O2S/c12-6-3-9-8(4-7(6)13)14-11(16)10-5-18(17)2-1-15(9)10/h3-4,10H,1-2,5H2,(H,14,16). The van der Waals surface area contributed by atoms with Crippen LogP contribution in [0.5, 0.6) is 0 Å². The third kappa shape index (κ3) is 1.85. The molecule has 3 rings (SSSR count).